The minimum absolute atomic E-state index is 0.178. The summed E-state index contributed by atoms with van der Waals surface area (Å²) in [5.74, 6) is 0. The first kappa shape index (κ1) is 11.0. The van der Waals surface area contributed by atoms with E-state index in [-0.39, 0.29) is 6.10 Å². The molecule has 3 heteroatoms. The maximum Gasteiger partial charge on any atom is 0.0524 e. The number of aliphatic hydroxyl groups excluding tert-OH is 1. The third-order valence-corrected chi connectivity index (χ3v) is 2.71. The number of hydrogen-bond donors (Lipinski definition) is 1. The fraction of sp³-hybridized carbons (Fsp3) is 1.00. The van der Waals surface area contributed by atoms with Gasteiger partial charge in [-0.3, -0.25) is 0 Å². The largest absolute Gasteiger partial charge is 0.393 e. The van der Waals surface area contributed by atoms with Crippen molar-refractivity contribution in [2.45, 2.75) is 38.3 Å². The van der Waals surface area contributed by atoms with E-state index in [1.165, 1.54) is 0 Å². The minimum atomic E-state index is -0.178. The first-order valence-electron chi connectivity index (χ1n) is 5.16. The smallest absolute Gasteiger partial charge is 0.0524 e. The predicted molar refractivity (Wildman–Crippen MR) is 52.8 cm³/mol. The first-order valence-corrected chi connectivity index (χ1v) is 5.16. The van der Waals surface area contributed by atoms with Crippen molar-refractivity contribution in [3.05, 3.63) is 0 Å². The van der Waals surface area contributed by atoms with E-state index >= 15 is 0 Å². The average Bonchev–Trinajstić information content (AvgIpc) is 2.15. The first-order chi connectivity index (χ1) is 6.20. The molecular weight excluding hydrogens is 166 g/mol. The molecule has 1 aliphatic rings. The molecule has 0 bridgehead atoms. The molecule has 1 atom stereocenters. The summed E-state index contributed by atoms with van der Waals surface area (Å²) in [6.07, 6.45) is 2.96. The van der Waals surface area contributed by atoms with Crippen LogP contribution in [0.2, 0.25) is 0 Å². The molecule has 1 unspecified atom stereocenters. The van der Waals surface area contributed by atoms with Crippen LogP contribution < -0.4 is 0 Å². The molecule has 0 aromatic rings. The quantitative estimate of drug-likeness (QED) is 0.709. The molecule has 1 heterocycles. The summed E-state index contributed by atoms with van der Waals surface area (Å²) in [4.78, 5) is 2.34. The van der Waals surface area contributed by atoms with E-state index in [1.807, 2.05) is 6.92 Å². The molecule has 78 valence electrons. The third-order valence-electron chi connectivity index (χ3n) is 2.71. The van der Waals surface area contributed by atoms with Gasteiger partial charge in [0.2, 0.25) is 0 Å². The number of aliphatic hydroxyl groups is 1. The Bertz CT molecular complexity index is 133. The molecule has 1 aliphatic heterocycles. The van der Waals surface area contributed by atoms with E-state index in [0.29, 0.717) is 6.04 Å². The Morgan fingerprint density at radius 2 is 2.08 bits per heavy atom. The number of ether oxygens (including phenoxy) is 1. The SMILES string of the molecule is CC(O)CCN(C)C1CCOCC1. The van der Waals surface area contributed by atoms with E-state index in [1.54, 1.807) is 0 Å². The summed E-state index contributed by atoms with van der Waals surface area (Å²) in [6.45, 7) is 4.62. The maximum atomic E-state index is 9.15. The Morgan fingerprint density at radius 3 is 2.62 bits per heavy atom. The Morgan fingerprint density at radius 1 is 1.46 bits per heavy atom. The second-order valence-electron chi connectivity index (χ2n) is 3.96. The summed E-state index contributed by atoms with van der Waals surface area (Å²) in [7, 11) is 2.14. The minimum Gasteiger partial charge on any atom is -0.393 e. The van der Waals surface area contributed by atoms with Gasteiger partial charge in [-0.05, 0) is 33.2 Å². The molecule has 13 heavy (non-hydrogen) atoms. The van der Waals surface area contributed by atoms with Crippen LogP contribution in [0.25, 0.3) is 0 Å². The van der Waals surface area contributed by atoms with Gasteiger partial charge in [-0.25, -0.2) is 0 Å². The summed E-state index contributed by atoms with van der Waals surface area (Å²) < 4.78 is 5.30. The summed E-state index contributed by atoms with van der Waals surface area (Å²) in [5.41, 5.74) is 0. The van der Waals surface area contributed by atoms with Gasteiger partial charge in [-0.1, -0.05) is 0 Å². The van der Waals surface area contributed by atoms with Crippen LogP contribution >= 0.6 is 0 Å². The lowest BCUT2D eigenvalue weighted by Gasteiger charge is -2.31. The molecule has 0 aliphatic carbocycles. The van der Waals surface area contributed by atoms with Crippen LogP contribution in [0, 0.1) is 0 Å². The molecule has 1 fully saturated rings. The molecule has 0 aromatic carbocycles. The normalized spacial score (nSPS) is 22.2. The molecule has 0 amide bonds. The molecule has 0 saturated carbocycles. The van der Waals surface area contributed by atoms with Gasteiger partial charge in [0.25, 0.3) is 0 Å². The second kappa shape index (κ2) is 5.58. The summed E-state index contributed by atoms with van der Waals surface area (Å²) >= 11 is 0. The molecule has 0 radical (unpaired) electrons. The Hall–Kier alpha value is -0.120. The van der Waals surface area contributed by atoms with Crippen molar-refractivity contribution in [2.24, 2.45) is 0 Å². The van der Waals surface area contributed by atoms with Crippen molar-refractivity contribution < 1.29 is 9.84 Å². The molecule has 1 N–H and O–H groups in total. The lowest BCUT2D eigenvalue weighted by Crippen LogP contribution is -2.37. The highest BCUT2D eigenvalue weighted by molar-refractivity contribution is 4.72. The van der Waals surface area contributed by atoms with Gasteiger partial charge in [0.15, 0.2) is 0 Å². The third kappa shape index (κ3) is 4.07. The average molecular weight is 187 g/mol. The van der Waals surface area contributed by atoms with Gasteiger partial charge in [0.05, 0.1) is 6.10 Å². The lowest BCUT2D eigenvalue weighted by atomic mass is 10.1. The van der Waals surface area contributed by atoms with Crippen molar-refractivity contribution >= 4 is 0 Å². The zero-order chi connectivity index (χ0) is 9.68. The topological polar surface area (TPSA) is 32.7 Å². The molecule has 1 rings (SSSR count). The Balaban J connectivity index is 2.17. The van der Waals surface area contributed by atoms with Crippen LogP contribution in [0.5, 0.6) is 0 Å². The zero-order valence-electron chi connectivity index (χ0n) is 8.70. The van der Waals surface area contributed by atoms with Crippen LogP contribution in [-0.2, 0) is 4.74 Å². The monoisotopic (exact) mass is 187 g/mol. The zero-order valence-corrected chi connectivity index (χ0v) is 8.70. The summed E-state index contributed by atoms with van der Waals surface area (Å²) in [5, 5.41) is 9.15. The van der Waals surface area contributed by atoms with Gasteiger partial charge in [-0.2, -0.15) is 0 Å². The van der Waals surface area contributed by atoms with Gasteiger partial charge in [0, 0.05) is 25.8 Å². The summed E-state index contributed by atoms with van der Waals surface area (Å²) in [6, 6.07) is 0.660. The fourth-order valence-electron chi connectivity index (χ4n) is 1.70. The van der Waals surface area contributed by atoms with Gasteiger partial charge in [-0.15, -0.1) is 0 Å². The van der Waals surface area contributed by atoms with E-state index in [2.05, 4.69) is 11.9 Å². The predicted octanol–water partition coefficient (Wildman–Crippen LogP) is 0.868. The van der Waals surface area contributed by atoms with Crippen molar-refractivity contribution in [1.82, 2.24) is 4.90 Å². The molecule has 0 aromatic heterocycles. The molecule has 1 saturated heterocycles. The lowest BCUT2D eigenvalue weighted by molar-refractivity contribution is 0.0387. The van der Waals surface area contributed by atoms with Crippen LogP contribution in [0.15, 0.2) is 0 Å². The van der Waals surface area contributed by atoms with Crippen molar-refractivity contribution in [3.8, 4) is 0 Å². The van der Waals surface area contributed by atoms with Gasteiger partial charge < -0.3 is 14.7 Å². The standard InChI is InChI=1S/C10H21NO2/c1-9(12)3-6-11(2)10-4-7-13-8-5-10/h9-10,12H,3-8H2,1-2H3. The number of rotatable bonds is 4. The fourth-order valence-corrected chi connectivity index (χ4v) is 1.70. The van der Waals surface area contributed by atoms with Crippen LogP contribution in [0.1, 0.15) is 26.2 Å². The highest BCUT2D eigenvalue weighted by Gasteiger charge is 2.17. The number of hydrogen-bond acceptors (Lipinski definition) is 3. The highest BCUT2D eigenvalue weighted by atomic mass is 16.5. The molecule has 0 spiro atoms. The van der Waals surface area contributed by atoms with Crippen LogP contribution in [-0.4, -0.2) is 49.0 Å². The van der Waals surface area contributed by atoms with Crippen molar-refractivity contribution in [1.29, 1.82) is 0 Å². The van der Waals surface area contributed by atoms with Gasteiger partial charge >= 0.3 is 0 Å². The van der Waals surface area contributed by atoms with E-state index < -0.39 is 0 Å². The Labute approximate surface area is 80.7 Å². The van der Waals surface area contributed by atoms with Gasteiger partial charge in [0.1, 0.15) is 0 Å². The molecular formula is C10H21NO2. The van der Waals surface area contributed by atoms with E-state index in [4.69, 9.17) is 9.84 Å². The van der Waals surface area contributed by atoms with E-state index in [9.17, 15) is 0 Å². The van der Waals surface area contributed by atoms with Crippen LogP contribution in [0.4, 0.5) is 0 Å². The highest BCUT2D eigenvalue weighted by Crippen LogP contribution is 2.13. The second-order valence-corrected chi connectivity index (χ2v) is 3.96. The number of nitrogens with zero attached hydrogens (tertiary/aromatic N) is 1. The van der Waals surface area contributed by atoms with E-state index in [0.717, 1.165) is 39.0 Å². The van der Waals surface area contributed by atoms with Crippen LogP contribution in [0.3, 0.4) is 0 Å². The maximum absolute atomic E-state index is 9.15. The Kier molecular flexibility index (Phi) is 4.70. The van der Waals surface area contributed by atoms with Crippen molar-refractivity contribution in [3.63, 3.8) is 0 Å². The van der Waals surface area contributed by atoms with Crippen molar-refractivity contribution in [2.75, 3.05) is 26.8 Å². The molecule has 3 nitrogen and oxygen atoms in total.